The fraction of sp³-hybridized carbons (Fsp3) is 0.938. The Bertz CT molecular complexity index is 374. The van der Waals surface area contributed by atoms with E-state index in [-0.39, 0.29) is 11.7 Å². The normalized spacial score (nSPS) is 33.4. The molecule has 3 rings (SSSR count). The second-order valence-corrected chi connectivity index (χ2v) is 8.02. The van der Waals surface area contributed by atoms with E-state index in [0.29, 0.717) is 23.3 Å². The molecule has 2 aliphatic carbocycles. The van der Waals surface area contributed by atoms with Crippen LogP contribution >= 0.6 is 0 Å². The van der Waals surface area contributed by atoms with Crippen LogP contribution in [0.2, 0.25) is 0 Å². The molecule has 1 amide bonds. The van der Waals surface area contributed by atoms with E-state index in [0.717, 1.165) is 12.8 Å². The third-order valence-electron chi connectivity index (χ3n) is 5.45. The van der Waals surface area contributed by atoms with E-state index < -0.39 is 0 Å². The molecule has 1 N–H and O–H groups in total. The number of carbonyl (C=O) groups is 1. The molecule has 1 unspecified atom stereocenters. The molecule has 108 valence electrons. The Hall–Kier alpha value is -0.570. The Balaban J connectivity index is 1.76. The monoisotopic (exact) mass is 264 g/mol. The van der Waals surface area contributed by atoms with Gasteiger partial charge < -0.3 is 4.90 Å². The summed E-state index contributed by atoms with van der Waals surface area (Å²) in [6.07, 6.45) is 7.21. The van der Waals surface area contributed by atoms with E-state index in [1.165, 1.54) is 25.7 Å². The maximum absolute atomic E-state index is 12.7. The minimum atomic E-state index is -0.151. The molecular weight excluding hydrogens is 236 g/mol. The average Bonchev–Trinajstić information content (AvgIpc) is 3.04. The minimum absolute atomic E-state index is 0.151. The molecule has 0 bridgehead atoms. The highest BCUT2D eigenvalue weighted by molar-refractivity contribution is 5.92. The van der Waals surface area contributed by atoms with Crippen molar-refractivity contribution >= 4 is 5.91 Å². The van der Waals surface area contributed by atoms with Gasteiger partial charge in [0, 0.05) is 6.04 Å². The van der Waals surface area contributed by atoms with Crippen molar-refractivity contribution in [2.24, 2.45) is 11.3 Å². The van der Waals surface area contributed by atoms with Crippen LogP contribution in [0.1, 0.15) is 66.2 Å². The zero-order valence-corrected chi connectivity index (χ0v) is 12.8. The van der Waals surface area contributed by atoms with Gasteiger partial charge in [0.1, 0.15) is 0 Å². The second-order valence-electron chi connectivity index (χ2n) is 8.02. The standard InChI is InChI=1S/C16H28N2O/c1-11(2)13-17-16(9-10-16)14(19)18(13)12-5-7-15(3,4)8-6-12/h11-13,17H,5-10H2,1-4H3. The van der Waals surface area contributed by atoms with Gasteiger partial charge in [-0.2, -0.15) is 0 Å². The zero-order valence-electron chi connectivity index (χ0n) is 12.8. The van der Waals surface area contributed by atoms with Crippen LogP contribution in [0.15, 0.2) is 0 Å². The Labute approximate surface area is 117 Å². The van der Waals surface area contributed by atoms with Crippen molar-refractivity contribution < 1.29 is 4.79 Å². The smallest absolute Gasteiger partial charge is 0.244 e. The summed E-state index contributed by atoms with van der Waals surface area (Å²) >= 11 is 0. The van der Waals surface area contributed by atoms with Crippen LogP contribution in [0, 0.1) is 11.3 Å². The van der Waals surface area contributed by atoms with Crippen molar-refractivity contribution in [2.75, 3.05) is 0 Å². The van der Waals surface area contributed by atoms with Crippen LogP contribution < -0.4 is 5.32 Å². The number of hydrogen-bond acceptors (Lipinski definition) is 2. The Morgan fingerprint density at radius 3 is 2.21 bits per heavy atom. The molecule has 1 aliphatic heterocycles. The fourth-order valence-corrected chi connectivity index (χ4v) is 3.81. The molecule has 3 nitrogen and oxygen atoms in total. The molecule has 0 aromatic heterocycles. The molecule has 19 heavy (non-hydrogen) atoms. The SMILES string of the molecule is CC(C)C1NC2(CC2)C(=O)N1C1CCC(C)(C)CC1. The topological polar surface area (TPSA) is 32.3 Å². The minimum Gasteiger partial charge on any atom is -0.322 e. The average molecular weight is 264 g/mol. The predicted octanol–water partition coefficient (Wildman–Crippen LogP) is 2.90. The van der Waals surface area contributed by atoms with E-state index in [9.17, 15) is 4.79 Å². The Morgan fingerprint density at radius 1 is 1.16 bits per heavy atom. The summed E-state index contributed by atoms with van der Waals surface area (Å²) in [5.41, 5.74) is 0.319. The largest absolute Gasteiger partial charge is 0.322 e. The Morgan fingerprint density at radius 2 is 1.74 bits per heavy atom. The molecule has 3 heteroatoms. The van der Waals surface area contributed by atoms with E-state index in [1.807, 2.05) is 0 Å². The first kappa shape index (κ1) is 13.4. The van der Waals surface area contributed by atoms with E-state index in [2.05, 4.69) is 37.9 Å². The first-order chi connectivity index (χ1) is 8.85. The maximum atomic E-state index is 12.7. The van der Waals surface area contributed by atoms with Gasteiger partial charge in [0.2, 0.25) is 5.91 Å². The molecule has 1 heterocycles. The van der Waals surface area contributed by atoms with Crippen molar-refractivity contribution in [3.8, 4) is 0 Å². The maximum Gasteiger partial charge on any atom is 0.244 e. The summed E-state index contributed by atoms with van der Waals surface area (Å²) in [6, 6.07) is 0.473. The summed E-state index contributed by atoms with van der Waals surface area (Å²) in [5, 5.41) is 3.64. The van der Waals surface area contributed by atoms with Crippen molar-refractivity contribution in [2.45, 2.75) is 84.0 Å². The number of nitrogens with zero attached hydrogens (tertiary/aromatic N) is 1. The van der Waals surface area contributed by atoms with E-state index in [4.69, 9.17) is 0 Å². The molecule has 2 saturated carbocycles. The van der Waals surface area contributed by atoms with Crippen LogP contribution in [-0.2, 0) is 4.79 Å². The molecule has 3 fully saturated rings. The summed E-state index contributed by atoms with van der Waals surface area (Å²) < 4.78 is 0. The number of rotatable bonds is 2. The first-order valence-electron chi connectivity index (χ1n) is 7.95. The van der Waals surface area contributed by atoms with Crippen LogP contribution in [0.5, 0.6) is 0 Å². The Kier molecular flexibility index (Phi) is 2.97. The number of amides is 1. The third-order valence-corrected chi connectivity index (χ3v) is 5.45. The van der Waals surface area contributed by atoms with Gasteiger partial charge in [0.05, 0.1) is 11.7 Å². The number of carbonyl (C=O) groups excluding carboxylic acids is 1. The summed E-state index contributed by atoms with van der Waals surface area (Å²) in [7, 11) is 0. The zero-order chi connectivity index (χ0) is 13.8. The lowest BCUT2D eigenvalue weighted by Crippen LogP contribution is -2.49. The second kappa shape index (κ2) is 4.21. The van der Waals surface area contributed by atoms with Crippen molar-refractivity contribution in [1.29, 1.82) is 0 Å². The number of nitrogens with one attached hydrogen (secondary N) is 1. The molecule has 0 aromatic rings. The lowest BCUT2D eigenvalue weighted by atomic mass is 9.75. The molecular formula is C16H28N2O. The van der Waals surface area contributed by atoms with Crippen LogP contribution in [-0.4, -0.2) is 28.6 Å². The van der Waals surface area contributed by atoms with Crippen molar-refractivity contribution in [1.82, 2.24) is 10.2 Å². The summed E-state index contributed by atoms with van der Waals surface area (Å²) in [5.74, 6) is 0.898. The van der Waals surface area contributed by atoms with Gasteiger partial charge in [0.15, 0.2) is 0 Å². The summed E-state index contributed by atoms with van der Waals surface area (Å²) in [6.45, 7) is 9.17. The number of hydrogen-bond donors (Lipinski definition) is 1. The van der Waals surface area contributed by atoms with Gasteiger partial charge in [-0.05, 0) is 49.9 Å². The molecule has 0 radical (unpaired) electrons. The highest BCUT2D eigenvalue weighted by Crippen LogP contribution is 2.46. The molecule has 1 spiro atoms. The van der Waals surface area contributed by atoms with Crippen molar-refractivity contribution in [3.63, 3.8) is 0 Å². The highest BCUT2D eigenvalue weighted by atomic mass is 16.2. The fourth-order valence-electron chi connectivity index (χ4n) is 3.81. The first-order valence-corrected chi connectivity index (χ1v) is 7.95. The van der Waals surface area contributed by atoms with Crippen molar-refractivity contribution in [3.05, 3.63) is 0 Å². The van der Waals surface area contributed by atoms with E-state index in [1.54, 1.807) is 0 Å². The van der Waals surface area contributed by atoms with Gasteiger partial charge in [-0.25, -0.2) is 0 Å². The lowest BCUT2D eigenvalue weighted by molar-refractivity contribution is -0.134. The van der Waals surface area contributed by atoms with Gasteiger partial charge >= 0.3 is 0 Å². The summed E-state index contributed by atoms with van der Waals surface area (Å²) in [4.78, 5) is 15.0. The quantitative estimate of drug-likeness (QED) is 0.831. The van der Waals surface area contributed by atoms with Gasteiger partial charge in [0.25, 0.3) is 0 Å². The van der Waals surface area contributed by atoms with Crippen LogP contribution in [0.25, 0.3) is 0 Å². The van der Waals surface area contributed by atoms with E-state index >= 15 is 0 Å². The predicted molar refractivity (Wildman–Crippen MR) is 76.6 cm³/mol. The van der Waals surface area contributed by atoms with Gasteiger partial charge in [-0.15, -0.1) is 0 Å². The van der Waals surface area contributed by atoms with Gasteiger partial charge in [-0.3, -0.25) is 10.1 Å². The molecule has 0 aromatic carbocycles. The third kappa shape index (κ3) is 2.20. The van der Waals surface area contributed by atoms with Crippen LogP contribution in [0.4, 0.5) is 0 Å². The molecule has 1 atom stereocenters. The molecule has 3 aliphatic rings. The molecule has 1 saturated heterocycles. The lowest BCUT2D eigenvalue weighted by Gasteiger charge is -2.41. The van der Waals surface area contributed by atoms with Gasteiger partial charge in [-0.1, -0.05) is 27.7 Å². The van der Waals surface area contributed by atoms with Crippen LogP contribution in [0.3, 0.4) is 0 Å². The highest BCUT2D eigenvalue weighted by Gasteiger charge is 2.60.